The van der Waals surface area contributed by atoms with Gasteiger partial charge in [-0.1, -0.05) is 11.6 Å². The molecule has 0 bridgehead atoms. The molecule has 0 saturated carbocycles. The molecule has 0 aliphatic heterocycles. The molecule has 0 aromatic carbocycles. The van der Waals surface area contributed by atoms with E-state index < -0.39 is 12.0 Å². The van der Waals surface area contributed by atoms with E-state index in [0.717, 1.165) is 0 Å². The number of aliphatic carboxylic acids is 1. The van der Waals surface area contributed by atoms with Crippen LogP contribution in [0, 0.1) is 0 Å². The zero-order valence-corrected chi connectivity index (χ0v) is 7.75. The second-order valence-electron chi connectivity index (χ2n) is 2.57. The molecule has 70 valence electrons. The number of hydrogen-bond acceptors (Lipinski definition) is 3. The zero-order chi connectivity index (χ0) is 9.84. The van der Waals surface area contributed by atoms with E-state index in [0.29, 0.717) is 10.8 Å². The van der Waals surface area contributed by atoms with Crippen LogP contribution in [0.2, 0.25) is 5.15 Å². The summed E-state index contributed by atoms with van der Waals surface area (Å²) in [5, 5.41) is 11.7. The second kappa shape index (κ2) is 4.09. The fraction of sp³-hybridized carbons (Fsp3) is 0.250. The molecule has 1 heterocycles. The molecule has 2 N–H and O–H groups in total. The van der Waals surface area contributed by atoms with Crippen LogP contribution in [0.1, 0.15) is 6.92 Å². The van der Waals surface area contributed by atoms with E-state index in [1.165, 1.54) is 6.20 Å². The van der Waals surface area contributed by atoms with Crippen molar-refractivity contribution in [1.29, 1.82) is 0 Å². The first kappa shape index (κ1) is 9.80. The van der Waals surface area contributed by atoms with Crippen LogP contribution in [-0.4, -0.2) is 22.1 Å². The number of pyridine rings is 1. The number of carbonyl (C=O) groups is 1. The third-order valence-corrected chi connectivity index (χ3v) is 1.69. The van der Waals surface area contributed by atoms with Gasteiger partial charge in [-0.15, -0.1) is 0 Å². The number of carboxylic acids is 1. The summed E-state index contributed by atoms with van der Waals surface area (Å²) in [6, 6.07) is 2.59. The summed E-state index contributed by atoms with van der Waals surface area (Å²) in [5.74, 6) is -0.909. The maximum absolute atomic E-state index is 10.5. The standard InChI is InChI=1S/C8H9ClN2O2/c1-5(8(12)13)11-6-2-3-10-7(9)4-6/h2-5H,1H3,(H,10,11)(H,12,13)/t5-/m0/s1. The first-order valence-corrected chi connectivity index (χ1v) is 4.08. The van der Waals surface area contributed by atoms with E-state index in [1.54, 1.807) is 19.1 Å². The van der Waals surface area contributed by atoms with Crippen molar-refractivity contribution < 1.29 is 9.90 Å². The summed E-state index contributed by atoms with van der Waals surface area (Å²) >= 11 is 5.61. The molecule has 13 heavy (non-hydrogen) atoms. The topological polar surface area (TPSA) is 62.2 Å². The van der Waals surface area contributed by atoms with Crippen molar-refractivity contribution in [2.75, 3.05) is 5.32 Å². The fourth-order valence-electron chi connectivity index (χ4n) is 0.804. The fourth-order valence-corrected chi connectivity index (χ4v) is 0.978. The Bertz CT molecular complexity index is 317. The Morgan fingerprint density at radius 1 is 1.77 bits per heavy atom. The average Bonchev–Trinajstić information content (AvgIpc) is 2.04. The van der Waals surface area contributed by atoms with Gasteiger partial charge in [0.2, 0.25) is 0 Å². The molecule has 1 rings (SSSR count). The lowest BCUT2D eigenvalue weighted by molar-refractivity contribution is -0.137. The molecular weight excluding hydrogens is 192 g/mol. The third-order valence-electron chi connectivity index (χ3n) is 1.48. The predicted molar refractivity (Wildman–Crippen MR) is 50.0 cm³/mol. The summed E-state index contributed by atoms with van der Waals surface area (Å²) in [7, 11) is 0. The van der Waals surface area contributed by atoms with E-state index in [9.17, 15) is 4.79 Å². The summed E-state index contributed by atoms with van der Waals surface area (Å²) in [5.41, 5.74) is 0.648. The molecule has 4 nitrogen and oxygen atoms in total. The van der Waals surface area contributed by atoms with Gasteiger partial charge in [0.25, 0.3) is 0 Å². The van der Waals surface area contributed by atoms with Gasteiger partial charge in [0.1, 0.15) is 11.2 Å². The molecule has 5 heteroatoms. The Hall–Kier alpha value is -1.29. The van der Waals surface area contributed by atoms with Gasteiger partial charge >= 0.3 is 5.97 Å². The van der Waals surface area contributed by atoms with Gasteiger partial charge in [0.05, 0.1) is 0 Å². The maximum atomic E-state index is 10.5. The summed E-state index contributed by atoms with van der Waals surface area (Å²) < 4.78 is 0. The van der Waals surface area contributed by atoms with Crippen molar-refractivity contribution >= 4 is 23.3 Å². The van der Waals surface area contributed by atoms with Gasteiger partial charge in [-0.05, 0) is 19.1 Å². The number of carboxylic acid groups (broad SMARTS) is 1. The zero-order valence-electron chi connectivity index (χ0n) is 6.99. The average molecular weight is 201 g/mol. The van der Waals surface area contributed by atoms with Crippen LogP contribution in [0.4, 0.5) is 5.69 Å². The number of nitrogens with zero attached hydrogens (tertiary/aromatic N) is 1. The normalized spacial score (nSPS) is 12.2. The molecule has 0 saturated heterocycles. The Labute approximate surface area is 80.6 Å². The SMILES string of the molecule is C[C@H](Nc1ccnc(Cl)c1)C(=O)O. The van der Waals surface area contributed by atoms with Crippen molar-refractivity contribution in [3.05, 3.63) is 23.5 Å². The number of rotatable bonds is 3. The molecule has 0 fully saturated rings. The molecule has 0 spiro atoms. The Kier molecular flexibility index (Phi) is 3.08. The molecular formula is C8H9ClN2O2. The smallest absolute Gasteiger partial charge is 0.325 e. The number of halogens is 1. The van der Waals surface area contributed by atoms with E-state index in [4.69, 9.17) is 16.7 Å². The maximum Gasteiger partial charge on any atom is 0.325 e. The van der Waals surface area contributed by atoms with Crippen molar-refractivity contribution in [3.8, 4) is 0 Å². The van der Waals surface area contributed by atoms with Crippen molar-refractivity contribution in [2.45, 2.75) is 13.0 Å². The minimum atomic E-state index is -0.909. The molecule has 1 atom stereocenters. The van der Waals surface area contributed by atoms with E-state index >= 15 is 0 Å². The summed E-state index contributed by atoms with van der Waals surface area (Å²) in [6.07, 6.45) is 1.51. The number of anilines is 1. The van der Waals surface area contributed by atoms with Gasteiger partial charge < -0.3 is 10.4 Å². The highest BCUT2D eigenvalue weighted by Gasteiger charge is 2.09. The monoisotopic (exact) mass is 200 g/mol. The van der Waals surface area contributed by atoms with Gasteiger partial charge in [-0.3, -0.25) is 4.79 Å². The molecule has 0 radical (unpaired) electrons. The quantitative estimate of drug-likeness (QED) is 0.728. The highest BCUT2D eigenvalue weighted by Crippen LogP contribution is 2.12. The minimum absolute atomic E-state index is 0.336. The van der Waals surface area contributed by atoms with Crippen LogP contribution in [0.15, 0.2) is 18.3 Å². The predicted octanol–water partition coefficient (Wildman–Crippen LogP) is 1.62. The van der Waals surface area contributed by atoms with Crippen LogP contribution in [0.3, 0.4) is 0 Å². The summed E-state index contributed by atoms with van der Waals surface area (Å²) in [6.45, 7) is 1.55. The van der Waals surface area contributed by atoms with Crippen molar-refractivity contribution in [3.63, 3.8) is 0 Å². The Balaban J connectivity index is 2.69. The van der Waals surface area contributed by atoms with E-state index in [1.807, 2.05) is 0 Å². The van der Waals surface area contributed by atoms with Crippen LogP contribution in [0.5, 0.6) is 0 Å². The van der Waals surface area contributed by atoms with Crippen LogP contribution in [-0.2, 0) is 4.79 Å². The second-order valence-corrected chi connectivity index (χ2v) is 2.96. The largest absolute Gasteiger partial charge is 0.480 e. The van der Waals surface area contributed by atoms with Gasteiger partial charge in [0.15, 0.2) is 0 Å². The molecule has 0 aliphatic rings. The van der Waals surface area contributed by atoms with Crippen LogP contribution < -0.4 is 5.32 Å². The molecule has 0 amide bonds. The first-order chi connectivity index (χ1) is 6.09. The highest BCUT2D eigenvalue weighted by molar-refractivity contribution is 6.29. The molecule has 0 unspecified atom stereocenters. The third kappa shape index (κ3) is 2.91. The van der Waals surface area contributed by atoms with Gasteiger partial charge in [0, 0.05) is 11.9 Å². The Morgan fingerprint density at radius 2 is 2.46 bits per heavy atom. The molecule has 1 aromatic heterocycles. The van der Waals surface area contributed by atoms with Gasteiger partial charge in [-0.2, -0.15) is 0 Å². The lowest BCUT2D eigenvalue weighted by atomic mass is 10.3. The van der Waals surface area contributed by atoms with E-state index in [2.05, 4.69) is 10.3 Å². The lowest BCUT2D eigenvalue weighted by Crippen LogP contribution is -2.25. The van der Waals surface area contributed by atoms with E-state index in [-0.39, 0.29) is 0 Å². The summed E-state index contributed by atoms with van der Waals surface area (Å²) in [4.78, 5) is 14.2. The van der Waals surface area contributed by atoms with Crippen molar-refractivity contribution in [2.24, 2.45) is 0 Å². The van der Waals surface area contributed by atoms with Gasteiger partial charge in [-0.25, -0.2) is 4.98 Å². The molecule has 0 aliphatic carbocycles. The lowest BCUT2D eigenvalue weighted by Gasteiger charge is -2.09. The highest BCUT2D eigenvalue weighted by atomic mass is 35.5. The number of nitrogens with one attached hydrogen (secondary N) is 1. The van der Waals surface area contributed by atoms with Crippen LogP contribution >= 0.6 is 11.6 Å². The first-order valence-electron chi connectivity index (χ1n) is 3.70. The van der Waals surface area contributed by atoms with Crippen molar-refractivity contribution in [1.82, 2.24) is 4.98 Å². The molecule has 1 aromatic rings. The minimum Gasteiger partial charge on any atom is -0.480 e. The van der Waals surface area contributed by atoms with Crippen LogP contribution in [0.25, 0.3) is 0 Å². The number of aromatic nitrogens is 1. The Morgan fingerprint density at radius 3 is 3.00 bits per heavy atom. The number of hydrogen-bond donors (Lipinski definition) is 2.